The van der Waals surface area contributed by atoms with Crippen LogP contribution in [-0.2, 0) is 47.9 Å². The van der Waals surface area contributed by atoms with E-state index < -0.39 is 150 Å². The van der Waals surface area contributed by atoms with Gasteiger partial charge in [-0.15, -0.1) is 0 Å². The molecule has 22 nitrogen and oxygen atoms in total. The fraction of sp³-hybridized carbons (Fsp3) is 0.659. The number of aliphatic hydroxyl groups excluding tert-OH is 2. The fourth-order valence-corrected chi connectivity index (χ4v) is 10.1. The van der Waals surface area contributed by atoms with E-state index in [0.29, 0.717) is 12.0 Å². The number of halogens is 1. The van der Waals surface area contributed by atoms with Crippen LogP contribution in [0.2, 0.25) is 0 Å². The van der Waals surface area contributed by atoms with E-state index in [0.717, 1.165) is 0 Å². The Bertz CT molecular complexity index is 1990. The number of aliphatic carboxylic acids is 2. The van der Waals surface area contributed by atoms with Gasteiger partial charge in [-0.2, -0.15) is 0 Å². The lowest BCUT2D eigenvalue weighted by atomic mass is 9.44. The van der Waals surface area contributed by atoms with E-state index >= 15 is 4.39 Å². The quantitative estimate of drug-likeness (QED) is 0.0243. The number of allylic oxidation sites excluding steroid dienone is 4. The number of carbonyl (C=O) groups is 9. The van der Waals surface area contributed by atoms with Crippen LogP contribution in [0, 0.1) is 28.6 Å². The van der Waals surface area contributed by atoms with Crippen molar-refractivity contribution in [1.29, 1.82) is 0 Å². The Hall–Kier alpha value is -5.81. The Morgan fingerprint density at radius 3 is 2.27 bits per heavy atom. The molecule has 4 amide bonds. The zero-order valence-corrected chi connectivity index (χ0v) is 35.8. The number of alkyl halides is 1. The van der Waals surface area contributed by atoms with Gasteiger partial charge in [-0.05, 0) is 69.4 Å². The van der Waals surface area contributed by atoms with Gasteiger partial charge in [0.1, 0.15) is 23.7 Å². The van der Waals surface area contributed by atoms with Gasteiger partial charge in [0.2, 0.25) is 29.4 Å². The number of guanidine groups is 1. The van der Waals surface area contributed by atoms with Crippen LogP contribution in [0.15, 0.2) is 28.8 Å². The number of carboxylic acids is 2. The lowest BCUT2D eigenvalue weighted by Crippen LogP contribution is -2.69. The molecule has 13 N–H and O–H groups in total. The van der Waals surface area contributed by atoms with Crippen molar-refractivity contribution in [3.8, 4) is 0 Å². The minimum atomic E-state index is -2.19. The van der Waals surface area contributed by atoms with E-state index in [1.807, 2.05) is 10.6 Å². The number of esters is 1. The van der Waals surface area contributed by atoms with Gasteiger partial charge in [-0.1, -0.05) is 25.5 Å². The summed E-state index contributed by atoms with van der Waals surface area (Å²) in [5, 5.41) is 59.7. The number of ether oxygens (including phenoxy) is 1. The Balaban J connectivity index is 1.34. The molecule has 0 aromatic carbocycles. The average Bonchev–Trinajstić information content (AvgIpc) is 3.42. The average molecular weight is 908 g/mol. The predicted molar refractivity (Wildman–Crippen MR) is 219 cm³/mol. The van der Waals surface area contributed by atoms with Crippen LogP contribution < -0.4 is 32.7 Å². The molecular weight excluding hydrogens is 849 g/mol. The zero-order chi connectivity index (χ0) is 47.9. The number of rotatable bonds is 21. The molecule has 0 aromatic rings. The molecule has 3 fully saturated rings. The summed E-state index contributed by atoms with van der Waals surface area (Å²) in [4.78, 5) is 116. The molecule has 4 rings (SSSR count). The van der Waals surface area contributed by atoms with Crippen molar-refractivity contribution in [2.24, 2.45) is 45.0 Å². The third-order valence-corrected chi connectivity index (χ3v) is 13.4. The Kier molecular flexibility index (Phi) is 16.2. The number of aliphatic hydroxyl groups is 3. The topological polar surface area (TPSA) is 377 Å². The van der Waals surface area contributed by atoms with Gasteiger partial charge in [0.05, 0.1) is 32.1 Å². The van der Waals surface area contributed by atoms with Crippen molar-refractivity contribution in [1.82, 2.24) is 21.3 Å². The molecule has 0 radical (unpaired) electrons. The number of ketones is 2. The predicted octanol–water partition coefficient (Wildman–Crippen LogP) is -2.60. The second-order valence-electron chi connectivity index (χ2n) is 17.3. The van der Waals surface area contributed by atoms with Crippen molar-refractivity contribution < 1.29 is 77.8 Å². The van der Waals surface area contributed by atoms with E-state index in [1.54, 1.807) is 20.8 Å². The smallest absolute Gasteiger partial charge is 0.328 e. The third-order valence-electron chi connectivity index (χ3n) is 13.4. The summed E-state index contributed by atoms with van der Waals surface area (Å²) in [6.45, 7) is 2.17. The lowest BCUT2D eigenvalue weighted by Gasteiger charge is -2.62. The largest absolute Gasteiger partial charge is 0.481 e. The summed E-state index contributed by atoms with van der Waals surface area (Å²) >= 11 is 0. The van der Waals surface area contributed by atoms with Crippen molar-refractivity contribution in [2.45, 2.75) is 114 Å². The van der Waals surface area contributed by atoms with Crippen LogP contribution in [0.1, 0.15) is 78.6 Å². The molecule has 0 spiro atoms. The van der Waals surface area contributed by atoms with E-state index in [1.165, 1.54) is 18.2 Å². The highest BCUT2D eigenvalue weighted by Gasteiger charge is 2.75. The highest BCUT2D eigenvalue weighted by molar-refractivity contribution is 6.01. The molecule has 354 valence electrons. The van der Waals surface area contributed by atoms with E-state index in [2.05, 4.69) is 15.6 Å². The minimum Gasteiger partial charge on any atom is -0.481 e. The van der Waals surface area contributed by atoms with Crippen LogP contribution in [0.5, 0.6) is 0 Å². The van der Waals surface area contributed by atoms with Crippen molar-refractivity contribution in [3.63, 3.8) is 0 Å². The number of hydrogen-bond donors (Lipinski definition) is 11. The number of aliphatic imine (C=N–C) groups is 1. The van der Waals surface area contributed by atoms with Crippen LogP contribution in [0.3, 0.4) is 0 Å². The maximum Gasteiger partial charge on any atom is 0.328 e. The minimum absolute atomic E-state index is 0.0240. The van der Waals surface area contributed by atoms with Crippen molar-refractivity contribution in [3.05, 3.63) is 23.8 Å². The molecule has 0 aliphatic heterocycles. The number of nitrogens with two attached hydrogens (primary N) is 2. The van der Waals surface area contributed by atoms with Crippen LogP contribution in [0.4, 0.5) is 4.39 Å². The summed E-state index contributed by atoms with van der Waals surface area (Å²) in [6.07, 6.45) is 1.10. The number of carbonyl (C=O) groups excluding carboxylic acids is 7. The molecular formula is C41H58FN7O15. The highest BCUT2D eigenvalue weighted by atomic mass is 19.1. The van der Waals surface area contributed by atoms with Gasteiger partial charge >= 0.3 is 17.9 Å². The number of hydrogen-bond acceptors (Lipinski definition) is 14. The molecule has 0 saturated heterocycles. The fourth-order valence-electron chi connectivity index (χ4n) is 10.1. The highest BCUT2D eigenvalue weighted by Crippen LogP contribution is 2.70. The van der Waals surface area contributed by atoms with Crippen LogP contribution in [-0.4, -0.2) is 146 Å². The summed E-state index contributed by atoms with van der Waals surface area (Å²) in [6, 6.07) is -4.96. The van der Waals surface area contributed by atoms with Crippen LogP contribution in [0.25, 0.3) is 0 Å². The number of amides is 4. The molecule has 0 bridgehead atoms. The van der Waals surface area contributed by atoms with Gasteiger partial charge in [0.15, 0.2) is 24.0 Å². The maximum absolute atomic E-state index is 17.5. The van der Waals surface area contributed by atoms with E-state index in [4.69, 9.17) is 26.4 Å². The molecule has 64 heavy (non-hydrogen) atoms. The lowest BCUT2D eigenvalue weighted by molar-refractivity contribution is -0.220. The number of fused-ring (bicyclic) bond motifs is 5. The van der Waals surface area contributed by atoms with Gasteiger partial charge in [-0.3, -0.25) is 43.3 Å². The van der Waals surface area contributed by atoms with E-state index in [9.17, 15) is 58.5 Å². The Labute approximate surface area is 366 Å². The first kappa shape index (κ1) is 50.8. The van der Waals surface area contributed by atoms with Crippen molar-refractivity contribution in [2.75, 3.05) is 26.3 Å². The Morgan fingerprint density at radius 2 is 1.64 bits per heavy atom. The molecule has 2 unspecified atom stereocenters. The second kappa shape index (κ2) is 20.4. The summed E-state index contributed by atoms with van der Waals surface area (Å²) in [5.41, 5.74) is 4.35. The van der Waals surface area contributed by atoms with Gasteiger partial charge in [0, 0.05) is 29.7 Å². The normalized spacial score (nSPS) is 30.4. The maximum atomic E-state index is 17.5. The van der Waals surface area contributed by atoms with Gasteiger partial charge in [-0.25, -0.2) is 9.18 Å². The summed E-state index contributed by atoms with van der Waals surface area (Å²) < 4.78 is 22.7. The second-order valence-corrected chi connectivity index (χ2v) is 17.3. The monoisotopic (exact) mass is 907 g/mol. The number of carboxylic acid groups (broad SMARTS) is 2. The SMILES string of the molecule is C[C@@H]1CC2C3CCC4=CC(=O)C=C[C@]4(C)[C@@]3(F)[C@@H](O)C[C@]2(C)[C@@]1(O)C(=O)COC(=O)CCC(=O)N[C@@H](CCCN=C(N)N)C(=O)NCC(=O)N[C@@H](CC(=O)O)C(=O)N[C@@H](CO)C(=O)O. The summed E-state index contributed by atoms with van der Waals surface area (Å²) in [5.74, 6) is -11.7. The molecule has 4 aliphatic carbocycles. The molecule has 11 atom stereocenters. The molecule has 0 heterocycles. The number of Topliss-reactive ketones (excluding diaryl/α,β-unsaturated/α-hetero) is 1. The summed E-state index contributed by atoms with van der Waals surface area (Å²) in [7, 11) is 0. The van der Waals surface area contributed by atoms with Gasteiger partial charge < -0.3 is 63.0 Å². The van der Waals surface area contributed by atoms with Crippen LogP contribution >= 0.6 is 0 Å². The molecule has 0 aromatic heterocycles. The number of nitrogens with zero attached hydrogens (tertiary/aromatic N) is 1. The standard InChI is InChI=1S/C41H58FN7O15/c1-20-13-24-23-7-6-21-14-22(51)10-11-38(21,2)40(23,42)28(52)16-39(24,3)41(20,63)29(53)19-64-33(58)9-8-30(54)47-25(5-4-12-45-37(43)44)34(59)46-17-31(55)48-26(15-32(56)57)35(60)49-27(18-50)36(61)62/h10-11,14,20,23-28,50,52,63H,4-9,12-13,15-19H2,1-3H3,(H,46,59)(H,47,54)(H,48,55)(H,49,60)(H,56,57)(H,61,62)(H4,43,44,45)/t20-,23?,24?,25+,26+,27+,28+,38+,39+,40+,41+/m1/s1. The third kappa shape index (κ3) is 10.4. The first-order valence-electron chi connectivity index (χ1n) is 20.9. The number of nitrogens with one attached hydrogen (secondary N) is 4. The van der Waals surface area contributed by atoms with Gasteiger partial charge in [0.25, 0.3) is 0 Å². The zero-order valence-electron chi connectivity index (χ0n) is 35.8. The molecule has 4 aliphatic rings. The Morgan fingerprint density at radius 1 is 0.969 bits per heavy atom. The first-order valence-corrected chi connectivity index (χ1v) is 20.9. The molecule has 23 heteroatoms. The molecule has 3 saturated carbocycles. The van der Waals surface area contributed by atoms with E-state index in [-0.39, 0.29) is 50.4 Å². The van der Waals surface area contributed by atoms with Crippen molar-refractivity contribution >= 4 is 59.1 Å². The first-order chi connectivity index (χ1) is 29.8.